The molecule has 0 radical (unpaired) electrons. The number of fused-ring (bicyclic) bond motifs is 2. The third-order valence-electron chi connectivity index (χ3n) is 13.9. The van der Waals surface area contributed by atoms with Gasteiger partial charge in [0.05, 0.1) is 33.7 Å². The Morgan fingerprint density at radius 2 is 1.25 bits per heavy atom. The Labute approximate surface area is 388 Å². The summed E-state index contributed by atoms with van der Waals surface area (Å²) in [6, 6.07) is 29.7. The number of unbranched alkanes of at least 4 members (excludes halogenated alkanes) is 4. The van der Waals surface area contributed by atoms with Gasteiger partial charge in [-0.25, -0.2) is 8.42 Å². The van der Waals surface area contributed by atoms with Crippen molar-refractivity contribution < 1.29 is 27.6 Å². The number of ether oxygens (including phenoxy) is 1. The summed E-state index contributed by atoms with van der Waals surface area (Å²) in [7, 11) is 3.19. The van der Waals surface area contributed by atoms with Crippen LogP contribution < -0.4 is 20.3 Å². The van der Waals surface area contributed by atoms with Crippen molar-refractivity contribution in [1.29, 1.82) is 0 Å². The fraction of sp³-hybridized carbons (Fsp3) is 0.547. The average Bonchev–Trinajstić information content (AvgIpc) is 3.42. The topological polar surface area (TPSA) is 133 Å². The third kappa shape index (κ3) is 11.6. The Balaban J connectivity index is 0.000000241. The molecular formula is C53H77N3O6S2. The van der Waals surface area contributed by atoms with Crippen LogP contribution in [0.15, 0.2) is 101 Å². The van der Waals surface area contributed by atoms with Crippen LogP contribution in [0.4, 0.5) is 11.4 Å². The summed E-state index contributed by atoms with van der Waals surface area (Å²) < 4.78 is 46.8. The normalized spacial score (nSPS) is 24.8. The van der Waals surface area contributed by atoms with Gasteiger partial charge < -0.3 is 30.5 Å². The molecule has 4 N–H and O–H groups in total. The van der Waals surface area contributed by atoms with E-state index in [9.17, 15) is 22.8 Å². The monoisotopic (exact) mass is 916 g/mol. The molecule has 0 saturated heterocycles. The molecule has 2 unspecified atom stereocenters. The van der Waals surface area contributed by atoms with Gasteiger partial charge in [0.15, 0.2) is 9.84 Å². The first-order valence-corrected chi connectivity index (χ1v) is 26.7. The van der Waals surface area contributed by atoms with Gasteiger partial charge in [-0.05, 0) is 96.5 Å². The molecule has 6 rings (SSSR count). The highest BCUT2D eigenvalue weighted by atomic mass is 32.2. The molecule has 0 aliphatic carbocycles. The van der Waals surface area contributed by atoms with Crippen LogP contribution in [0.25, 0.3) is 0 Å². The molecule has 0 bridgehead atoms. The highest BCUT2D eigenvalue weighted by Gasteiger charge is 2.50. The maximum Gasteiger partial charge on any atom is 0.179 e. The summed E-state index contributed by atoms with van der Waals surface area (Å²) in [5.74, 6) is 0.510. The fourth-order valence-electron chi connectivity index (χ4n) is 10.0. The SMILES string of the molecule is CCCCCC1(CCCC)CS(=O)c2ccc(N(C)C)cc2[C@@H](c2ccccc2)[C@H]1O.CCCC[C@]1(CC)CS(=O)(=O)c2ccc(N(C)C)cc2[C@@H](c2cccc(OCCN)c2)[C@H]1O. The molecule has 0 aromatic heterocycles. The standard InChI is InChI=1S/C27H39NO2S.C26H38N2O4S/c1-5-7-12-18-27(17-8-6-2)20-31(30)24-16-15-22(28(3)4)19-23(24)25(26(27)29)21-13-10-9-11-14-21;1-5-7-13-26(6-2)18-33(30,31)23-12-11-20(28(3)4)17-22(23)24(25(26)29)19-9-8-10-21(16-19)32-15-14-27/h9-11,13-16,19,25-26,29H,5-8,12,17-18,20H2,1-4H3;8-12,16-17,24-25,29H,5-7,13-15,18,27H2,1-4H3/t25-,26-,27?,31?;24-,25-,26-/m11/s1. The van der Waals surface area contributed by atoms with E-state index >= 15 is 0 Å². The molecule has 352 valence electrons. The number of sulfone groups is 1. The smallest absolute Gasteiger partial charge is 0.179 e. The van der Waals surface area contributed by atoms with Gasteiger partial charge in [0.25, 0.3) is 0 Å². The molecule has 2 heterocycles. The van der Waals surface area contributed by atoms with E-state index in [4.69, 9.17) is 10.5 Å². The van der Waals surface area contributed by atoms with E-state index in [2.05, 4.69) is 49.9 Å². The van der Waals surface area contributed by atoms with E-state index in [1.807, 2.05) is 101 Å². The van der Waals surface area contributed by atoms with Crippen LogP contribution in [-0.4, -0.2) is 87.9 Å². The van der Waals surface area contributed by atoms with Crippen LogP contribution in [-0.2, 0) is 20.6 Å². The van der Waals surface area contributed by atoms with Gasteiger partial charge in [-0.1, -0.05) is 115 Å². The van der Waals surface area contributed by atoms with E-state index < -0.39 is 44.2 Å². The summed E-state index contributed by atoms with van der Waals surface area (Å²) >= 11 is 0. The minimum absolute atomic E-state index is 0.0498. The van der Waals surface area contributed by atoms with E-state index in [0.29, 0.717) is 48.0 Å². The number of benzene rings is 4. The highest BCUT2D eigenvalue weighted by Crippen LogP contribution is 2.51. The van der Waals surface area contributed by atoms with Crippen LogP contribution in [0, 0.1) is 10.8 Å². The van der Waals surface area contributed by atoms with Gasteiger partial charge in [0, 0.05) is 79.4 Å². The number of hydrogen-bond acceptors (Lipinski definition) is 9. The molecule has 2 aliphatic heterocycles. The number of hydrogen-bond donors (Lipinski definition) is 3. The molecule has 11 heteroatoms. The molecular weight excluding hydrogens is 839 g/mol. The first-order valence-electron chi connectivity index (χ1n) is 23.7. The molecule has 0 fully saturated rings. The van der Waals surface area contributed by atoms with Crippen LogP contribution in [0.3, 0.4) is 0 Å². The zero-order valence-electron chi connectivity index (χ0n) is 39.9. The number of anilines is 2. The Morgan fingerprint density at radius 3 is 1.86 bits per heavy atom. The second-order valence-electron chi connectivity index (χ2n) is 18.7. The van der Waals surface area contributed by atoms with Crippen LogP contribution in [0.2, 0.25) is 0 Å². The first-order chi connectivity index (χ1) is 30.6. The van der Waals surface area contributed by atoms with Crippen LogP contribution >= 0.6 is 0 Å². The molecule has 9 nitrogen and oxygen atoms in total. The lowest BCUT2D eigenvalue weighted by Crippen LogP contribution is -2.42. The van der Waals surface area contributed by atoms with Crippen molar-refractivity contribution in [2.75, 3.05) is 62.6 Å². The Bertz CT molecular complexity index is 2230. The second-order valence-corrected chi connectivity index (χ2v) is 22.1. The highest BCUT2D eigenvalue weighted by molar-refractivity contribution is 7.91. The zero-order chi connectivity index (χ0) is 46.7. The van der Waals surface area contributed by atoms with Crippen molar-refractivity contribution in [3.05, 3.63) is 113 Å². The quantitative estimate of drug-likeness (QED) is 0.0835. The molecule has 64 heavy (non-hydrogen) atoms. The number of nitrogens with zero attached hydrogens (tertiary/aromatic N) is 2. The number of aliphatic hydroxyl groups is 2. The van der Waals surface area contributed by atoms with Gasteiger partial charge in [0.1, 0.15) is 12.4 Å². The average molecular weight is 916 g/mol. The zero-order valence-corrected chi connectivity index (χ0v) is 41.5. The molecule has 7 atom stereocenters. The van der Waals surface area contributed by atoms with Crippen molar-refractivity contribution in [2.24, 2.45) is 16.6 Å². The number of nitrogens with two attached hydrogens (primary N) is 1. The van der Waals surface area contributed by atoms with E-state index in [1.165, 1.54) is 0 Å². The summed E-state index contributed by atoms with van der Waals surface area (Å²) in [4.78, 5) is 5.24. The minimum Gasteiger partial charge on any atom is -0.492 e. The van der Waals surface area contributed by atoms with Gasteiger partial charge >= 0.3 is 0 Å². The van der Waals surface area contributed by atoms with E-state index in [0.717, 1.165) is 90.7 Å². The summed E-state index contributed by atoms with van der Waals surface area (Å²) in [5, 5.41) is 24.1. The van der Waals surface area contributed by atoms with Crippen molar-refractivity contribution in [2.45, 2.75) is 132 Å². The van der Waals surface area contributed by atoms with Gasteiger partial charge in [-0.3, -0.25) is 4.21 Å². The van der Waals surface area contributed by atoms with Gasteiger partial charge in [0.2, 0.25) is 0 Å². The lowest BCUT2D eigenvalue weighted by Gasteiger charge is -2.40. The van der Waals surface area contributed by atoms with Crippen molar-refractivity contribution >= 4 is 32.0 Å². The summed E-state index contributed by atoms with van der Waals surface area (Å²) in [5.41, 5.74) is 10.2. The van der Waals surface area contributed by atoms with Crippen LogP contribution in [0.5, 0.6) is 5.75 Å². The van der Waals surface area contributed by atoms with E-state index in [1.54, 1.807) is 6.07 Å². The van der Waals surface area contributed by atoms with Crippen LogP contribution in [0.1, 0.15) is 132 Å². The third-order valence-corrected chi connectivity index (χ3v) is 17.5. The molecule has 0 amide bonds. The largest absolute Gasteiger partial charge is 0.492 e. The van der Waals surface area contributed by atoms with Gasteiger partial charge in [-0.15, -0.1) is 0 Å². The first kappa shape index (κ1) is 51.2. The van der Waals surface area contributed by atoms with Crippen molar-refractivity contribution in [1.82, 2.24) is 0 Å². The van der Waals surface area contributed by atoms with Crippen molar-refractivity contribution in [3.63, 3.8) is 0 Å². The van der Waals surface area contributed by atoms with Gasteiger partial charge in [-0.2, -0.15) is 0 Å². The molecule has 0 spiro atoms. The Kier molecular flexibility index (Phi) is 18.5. The van der Waals surface area contributed by atoms with Crippen molar-refractivity contribution in [3.8, 4) is 5.75 Å². The number of aliphatic hydroxyl groups excluding tert-OH is 2. The summed E-state index contributed by atoms with van der Waals surface area (Å²) in [6.07, 6.45) is 9.04. The predicted molar refractivity (Wildman–Crippen MR) is 266 cm³/mol. The molecule has 4 aromatic rings. The molecule has 4 aromatic carbocycles. The minimum atomic E-state index is -3.60. The maximum absolute atomic E-state index is 13.7. The molecule has 0 saturated carbocycles. The lowest BCUT2D eigenvalue weighted by molar-refractivity contribution is 0.0129. The Morgan fingerprint density at radius 1 is 0.688 bits per heavy atom. The Hall–Kier alpha value is -3.74. The number of rotatable bonds is 18. The fourth-order valence-corrected chi connectivity index (χ4v) is 14.1. The maximum atomic E-state index is 13.7. The summed E-state index contributed by atoms with van der Waals surface area (Å²) in [6.45, 7) is 9.29. The predicted octanol–water partition coefficient (Wildman–Crippen LogP) is 10.1. The van der Waals surface area contributed by atoms with E-state index in [-0.39, 0.29) is 17.1 Å². The lowest BCUT2D eigenvalue weighted by atomic mass is 9.68. The second kappa shape index (κ2) is 23.1. The molecule has 2 aliphatic rings.